The van der Waals surface area contributed by atoms with Crippen LogP contribution in [0.25, 0.3) is 0 Å². The van der Waals surface area contributed by atoms with Crippen LogP contribution in [0, 0.1) is 0 Å². The molecule has 1 fully saturated rings. The predicted octanol–water partition coefficient (Wildman–Crippen LogP) is -2.31. The third-order valence-corrected chi connectivity index (χ3v) is 8.81. The summed E-state index contributed by atoms with van der Waals surface area (Å²) in [5, 5.41) is 0. The van der Waals surface area contributed by atoms with Gasteiger partial charge in [0.05, 0.1) is 0 Å². The van der Waals surface area contributed by atoms with E-state index in [1.807, 2.05) is 0 Å². The Morgan fingerprint density at radius 1 is 1.00 bits per heavy atom. The minimum atomic E-state index is -1.38. The zero-order valence-corrected chi connectivity index (χ0v) is 12.3. The Balaban J connectivity index is 2.26. The highest BCUT2D eigenvalue weighted by molar-refractivity contribution is 6.60. The summed E-state index contributed by atoms with van der Waals surface area (Å²) in [4.78, 5) is 0. The largest absolute Gasteiger partial charge is 0.425 e. The van der Waals surface area contributed by atoms with Crippen LogP contribution >= 0.6 is 0 Å². The van der Waals surface area contributed by atoms with E-state index >= 15 is 0 Å². The Morgan fingerprint density at radius 2 is 1.55 bits per heavy atom. The Morgan fingerprint density at radius 3 is 2.00 bits per heavy atom. The maximum Gasteiger partial charge on any atom is 0.305 e. The predicted molar refractivity (Wildman–Crippen MR) is 52.2 cm³/mol. The molecule has 66 valence electrons. The smallest absolute Gasteiger partial charge is 0.305 e. The van der Waals surface area contributed by atoms with Gasteiger partial charge in [-0.1, -0.05) is 13.8 Å². The molecule has 0 aromatic rings. The minimum Gasteiger partial charge on any atom is -0.425 e. The summed E-state index contributed by atoms with van der Waals surface area (Å²) < 4.78 is 21.7. The average Bonchev–Trinajstić information content (AvgIpc) is 1.84. The summed E-state index contributed by atoms with van der Waals surface area (Å²) in [5.74, 6) is 0. The van der Waals surface area contributed by atoms with Crippen molar-refractivity contribution in [3.05, 3.63) is 0 Å². The molecule has 0 saturated carbocycles. The number of hydrogen-bond acceptors (Lipinski definition) is 4. The summed E-state index contributed by atoms with van der Waals surface area (Å²) >= 11 is 0. The Labute approximate surface area is 75.6 Å². The van der Waals surface area contributed by atoms with Gasteiger partial charge in [-0.2, -0.15) is 0 Å². The Hall–Kier alpha value is 0.708. The maximum atomic E-state index is 5.57. The summed E-state index contributed by atoms with van der Waals surface area (Å²) in [7, 11) is -3.56. The molecule has 0 bridgehead atoms. The van der Waals surface area contributed by atoms with Crippen molar-refractivity contribution in [1.29, 1.82) is 0 Å². The highest BCUT2D eigenvalue weighted by Gasteiger charge is 2.19. The van der Waals surface area contributed by atoms with Gasteiger partial charge in [-0.15, -0.1) is 0 Å². The van der Waals surface area contributed by atoms with Crippen molar-refractivity contribution in [3.63, 3.8) is 0 Å². The van der Waals surface area contributed by atoms with E-state index in [2.05, 4.69) is 13.8 Å². The highest BCUT2D eigenvalue weighted by Crippen LogP contribution is 2.09. The molecule has 0 amide bonds. The number of rotatable bonds is 1. The molecule has 1 saturated heterocycles. The van der Waals surface area contributed by atoms with Crippen LogP contribution in [0.4, 0.5) is 0 Å². The zero-order chi connectivity index (χ0) is 8.10. The molecule has 0 radical (unpaired) electrons. The Kier molecular flexibility index (Phi) is 4.78. The van der Waals surface area contributed by atoms with Gasteiger partial charge in [0.15, 0.2) is 0 Å². The van der Waals surface area contributed by atoms with Gasteiger partial charge in [0.2, 0.25) is 0 Å². The summed E-state index contributed by atoms with van der Waals surface area (Å²) in [5.41, 5.74) is 0.543. The fraction of sp³-hybridized carbons (Fsp3) is 1.00. The van der Waals surface area contributed by atoms with Gasteiger partial charge in [0.25, 0.3) is 30.0 Å². The summed E-state index contributed by atoms with van der Waals surface area (Å²) in [6.45, 7) is 4.28. The molecular weight excluding hydrogens is 212 g/mol. The quantitative estimate of drug-likeness (QED) is 0.471. The molecule has 1 aliphatic rings. The first-order valence-corrected chi connectivity index (χ1v) is 8.77. The van der Waals surface area contributed by atoms with Crippen LogP contribution in [0.1, 0.15) is 13.8 Å². The summed E-state index contributed by atoms with van der Waals surface area (Å²) in [6.07, 6.45) is 0. The van der Waals surface area contributed by atoms with Gasteiger partial charge in [-0.25, -0.2) is 0 Å². The van der Waals surface area contributed by atoms with Crippen molar-refractivity contribution in [1.82, 2.24) is 0 Å². The van der Waals surface area contributed by atoms with Crippen molar-refractivity contribution < 1.29 is 16.5 Å². The summed E-state index contributed by atoms with van der Waals surface area (Å²) in [6, 6.07) is 0. The second-order valence-electron chi connectivity index (χ2n) is 2.71. The van der Waals surface area contributed by atoms with Crippen LogP contribution in [0.5, 0.6) is 0 Å². The van der Waals surface area contributed by atoms with E-state index < -0.39 is 39.3 Å². The SMILES string of the molecule is CC(C)[SiH]1O[SiH2]O[SiH2]O[SiH2]O1. The lowest BCUT2D eigenvalue weighted by Crippen LogP contribution is -2.35. The lowest BCUT2D eigenvalue weighted by atomic mass is 10.6. The van der Waals surface area contributed by atoms with Gasteiger partial charge in [-0.3, -0.25) is 0 Å². The molecule has 8 heteroatoms. The van der Waals surface area contributed by atoms with Gasteiger partial charge in [0.1, 0.15) is 0 Å². The van der Waals surface area contributed by atoms with Gasteiger partial charge < -0.3 is 16.5 Å². The molecule has 0 atom stereocenters. The number of hydrogen-bond donors (Lipinski definition) is 0. The van der Waals surface area contributed by atoms with Crippen LogP contribution in [-0.2, 0) is 16.5 Å². The first-order valence-electron chi connectivity index (χ1n) is 3.69. The molecule has 1 rings (SSSR count). The standard InChI is InChI=1S/C3H14O4Si4/c1-3(2)11-6-9-4-8-5-10-7-11/h3,11H,8-10H2,1-2H3. The lowest BCUT2D eigenvalue weighted by Gasteiger charge is -2.22. The van der Waals surface area contributed by atoms with E-state index in [0.717, 1.165) is 0 Å². The molecular formula is C3H14O4Si4. The maximum absolute atomic E-state index is 5.57. The van der Waals surface area contributed by atoms with Crippen LogP contribution < -0.4 is 0 Å². The van der Waals surface area contributed by atoms with Crippen molar-refractivity contribution >= 4 is 39.3 Å². The first kappa shape index (κ1) is 9.79. The van der Waals surface area contributed by atoms with Gasteiger partial charge >= 0.3 is 9.28 Å². The van der Waals surface area contributed by atoms with Gasteiger partial charge in [-0.05, 0) is 5.54 Å². The fourth-order valence-electron chi connectivity index (χ4n) is 0.790. The van der Waals surface area contributed by atoms with Crippen molar-refractivity contribution in [2.24, 2.45) is 0 Å². The van der Waals surface area contributed by atoms with Crippen LogP contribution in [-0.4, -0.2) is 39.3 Å². The normalized spacial score (nSPS) is 34.6. The van der Waals surface area contributed by atoms with E-state index in [1.54, 1.807) is 0 Å². The lowest BCUT2D eigenvalue weighted by molar-refractivity contribution is 0.322. The van der Waals surface area contributed by atoms with Crippen molar-refractivity contribution in [2.75, 3.05) is 0 Å². The van der Waals surface area contributed by atoms with E-state index in [1.165, 1.54) is 0 Å². The third-order valence-electron chi connectivity index (χ3n) is 1.34. The molecule has 11 heavy (non-hydrogen) atoms. The van der Waals surface area contributed by atoms with Crippen molar-refractivity contribution in [3.8, 4) is 0 Å². The first-order chi connectivity index (χ1) is 5.30. The fourth-order valence-corrected chi connectivity index (χ4v) is 10.8. The van der Waals surface area contributed by atoms with E-state index in [0.29, 0.717) is 5.54 Å². The molecule has 1 heterocycles. The minimum absolute atomic E-state index is 0.543. The van der Waals surface area contributed by atoms with Crippen LogP contribution in [0.3, 0.4) is 0 Å². The van der Waals surface area contributed by atoms with E-state index in [9.17, 15) is 0 Å². The van der Waals surface area contributed by atoms with E-state index in [-0.39, 0.29) is 0 Å². The molecule has 0 N–H and O–H groups in total. The second kappa shape index (κ2) is 5.37. The van der Waals surface area contributed by atoms with Gasteiger partial charge in [0, 0.05) is 0 Å². The molecule has 0 spiro atoms. The van der Waals surface area contributed by atoms with E-state index in [4.69, 9.17) is 16.5 Å². The molecule has 0 aromatic carbocycles. The van der Waals surface area contributed by atoms with Crippen LogP contribution in [0.2, 0.25) is 5.54 Å². The monoisotopic (exact) mass is 226 g/mol. The molecule has 4 nitrogen and oxygen atoms in total. The third kappa shape index (κ3) is 3.75. The van der Waals surface area contributed by atoms with Crippen LogP contribution in [0.15, 0.2) is 0 Å². The molecule has 0 aromatic heterocycles. The zero-order valence-electron chi connectivity index (χ0n) is 6.91. The molecule has 0 aliphatic carbocycles. The average molecular weight is 226 g/mol. The topological polar surface area (TPSA) is 36.9 Å². The molecule has 0 unspecified atom stereocenters. The highest BCUT2D eigenvalue weighted by atomic mass is 28.4. The Bertz CT molecular complexity index is 104. The van der Waals surface area contributed by atoms with Crippen molar-refractivity contribution in [2.45, 2.75) is 19.4 Å². The second-order valence-corrected chi connectivity index (χ2v) is 11.4. The molecule has 1 aliphatic heterocycles.